The van der Waals surface area contributed by atoms with Crippen LogP contribution in [0.2, 0.25) is 0 Å². The molecule has 0 saturated carbocycles. The second-order valence-corrected chi connectivity index (χ2v) is 4.68. The monoisotopic (exact) mass is 200 g/mol. The van der Waals surface area contributed by atoms with Crippen molar-refractivity contribution in [2.24, 2.45) is 5.92 Å². The summed E-state index contributed by atoms with van der Waals surface area (Å²) in [6.45, 7) is 6.93. The number of nitrogens with zero attached hydrogens (tertiary/aromatic N) is 1. The molecule has 0 aromatic heterocycles. The van der Waals surface area contributed by atoms with Gasteiger partial charge in [0.2, 0.25) is 0 Å². The quantitative estimate of drug-likeness (QED) is 0.701. The third-order valence-electron chi connectivity index (χ3n) is 3.29. The van der Waals surface area contributed by atoms with Crippen LogP contribution in [0.4, 0.5) is 0 Å². The van der Waals surface area contributed by atoms with Crippen LogP contribution in [0.15, 0.2) is 0 Å². The van der Waals surface area contributed by atoms with E-state index >= 15 is 0 Å². The molecule has 1 unspecified atom stereocenters. The predicted molar refractivity (Wildman–Crippen MR) is 59.4 cm³/mol. The molecule has 0 aromatic carbocycles. The molecule has 0 aromatic rings. The van der Waals surface area contributed by atoms with Gasteiger partial charge in [0.1, 0.15) is 0 Å². The lowest BCUT2D eigenvalue weighted by molar-refractivity contribution is 0.171. The second-order valence-electron chi connectivity index (χ2n) is 4.68. The number of hydrogen-bond donors (Lipinski definition) is 2. The van der Waals surface area contributed by atoms with Crippen molar-refractivity contribution >= 4 is 0 Å². The lowest BCUT2D eigenvalue weighted by Gasteiger charge is -2.34. The average molecular weight is 200 g/mol. The number of rotatable bonds is 4. The fraction of sp³-hybridized carbons (Fsp3) is 1.00. The lowest BCUT2D eigenvalue weighted by Crippen LogP contribution is -2.44. The molecule has 0 amide bonds. The zero-order valence-corrected chi connectivity index (χ0v) is 9.66. The first kappa shape index (κ1) is 12.0. The molecule has 1 aliphatic heterocycles. The Morgan fingerprint density at radius 1 is 1.36 bits per heavy atom. The zero-order chi connectivity index (χ0) is 10.6. The summed E-state index contributed by atoms with van der Waals surface area (Å²) in [5, 5.41) is 12.4. The summed E-state index contributed by atoms with van der Waals surface area (Å²) < 4.78 is 0. The Kier molecular flexibility index (Phi) is 4.85. The molecule has 1 aliphatic rings. The van der Waals surface area contributed by atoms with Gasteiger partial charge >= 0.3 is 0 Å². The summed E-state index contributed by atoms with van der Waals surface area (Å²) in [4.78, 5) is 2.39. The van der Waals surface area contributed by atoms with Gasteiger partial charge in [-0.2, -0.15) is 0 Å². The van der Waals surface area contributed by atoms with E-state index in [4.69, 9.17) is 5.11 Å². The Balaban J connectivity index is 2.26. The van der Waals surface area contributed by atoms with Crippen molar-refractivity contribution < 1.29 is 5.11 Å². The maximum atomic E-state index is 8.95. The second kappa shape index (κ2) is 5.69. The Labute approximate surface area is 87.5 Å². The minimum Gasteiger partial charge on any atom is -0.395 e. The summed E-state index contributed by atoms with van der Waals surface area (Å²) in [6, 6.07) is 0.760. The van der Waals surface area contributed by atoms with E-state index in [9.17, 15) is 0 Å². The van der Waals surface area contributed by atoms with Gasteiger partial charge in [0.15, 0.2) is 0 Å². The molecule has 1 heterocycles. The minimum atomic E-state index is 0.227. The fourth-order valence-electron chi connectivity index (χ4n) is 2.17. The average Bonchev–Trinajstić information content (AvgIpc) is 2.18. The van der Waals surface area contributed by atoms with Crippen molar-refractivity contribution in [3.8, 4) is 0 Å². The summed E-state index contributed by atoms with van der Waals surface area (Å²) >= 11 is 0. The first-order valence-electron chi connectivity index (χ1n) is 5.69. The highest BCUT2D eigenvalue weighted by Gasteiger charge is 2.22. The van der Waals surface area contributed by atoms with Gasteiger partial charge in [0.05, 0.1) is 6.61 Å². The van der Waals surface area contributed by atoms with Crippen molar-refractivity contribution in [2.45, 2.75) is 38.8 Å². The fourth-order valence-corrected chi connectivity index (χ4v) is 2.17. The lowest BCUT2D eigenvalue weighted by atomic mass is 9.90. The van der Waals surface area contributed by atoms with Crippen LogP contribution in [0.1, 0.15) is 26.7 Å². The molecular formula is C11H24N2O. The van der Waals surface area contributed by atoms with Crippen molar-refractivity contribution in [1.29, 1.82) is 0 Å². The van der Waals surface area contributed by atoms with Crippen LogP contribution < -0.4 is 5.32 Å². The highest BCUT2D eigenvalue weighted by molar-refractivity contribution is 4.79. The highest BCUT2D eigenvalue weighted by Crippen LogP contribution is 2.19. The molecule has 2 N–H and O–H groups in total. The molecule has 14 heavy (non-hydrogen) atoms. The van der Waals surface area contributed by atoms with Crippen LogP contribution >= 0.6 is 0 Å². The van der Waals surface area contributed by atoms with Crippen LogP contribution in [0, 0.1) is 5.92 Å². The van der Waals surface area contributed by atoms with Crippen LogP contribution in [0.25, 0.3) is 0 Å². The molecule has 1 fully saturated rings. The predicted octanol–water partition coefficient (Wildman–Crippen LogP) is 0.687. The maximum Gasteiger partial charge on any atom is 0.0582 e. The topological polar surface area (TPSA) is 35.5 Å². The molecule has 1 saturated heterocycles. The number of aliphatic hydroxyl groups is 1. The number of aliphatic hydroxyl groups excluding tert-OH is 1. The van der Waals surface area contributed by atoms with E-state index < -0.39 is 0 Å². The van der Waals surface area contributed by atoms with Crippen LogP contribution in [0.3, 0.4) is 0 Å². The minimum absolute atomic E-state index is 0.227. The van der Waals surface area contributed by atoms with Gasteiger partial charge in [-0.3, -0.25) is 0 Å². The molecular weight excluding hydrogens is 176 g/mol. The normalized spacial score (nSPS) is 24.9. The Hall–Kier alpha value is -0.120. The largest absolute Gasteiger partial charge is 0.395 e. The number of piperidine rings is 1. The van der Waals surface area contributed by atoms with Crippen molar-refractivity contribution in [3.63, 3.8) is 0 Å². The van der Waals surface area contributed by atoms with E-state index in [-0.39, 0.29) is 12.6 Å². The molecule has 2 atom stereocenters. The molecule has 0 bridgehead atoms. The van der Waals surface area contributed by atoms with E-state index in [0.717, 1.165) is 5.92 Å². The molecule has 0 radical (unpaired) electrons. The van der Waals surface area contributed by atoms with E-state index in [1.54, 1.807) is 0 Å². The zero-order valence-electron chi connectivity index (χ0n) is 9.66. The van der Waals surface area contributed by atoms with E-state index in [0.29, 0.717) is 6.04 Å². The van der Waals surface area contributed by atoms with E-state index in [1.807, 2.05) is 6.92 Å². The van der Waals surface area contributed by atoms with Crippen molar-refractivity contribution in [3.05, 3.63) is 0 Å². The standard InChI is InChI=1S/C11H24N2O/c1-9(8-14)12-10(2)11-4-6-13(3)7-5-11/h9-12,14H,4-8H2,1-3H3/t9-,10?/m0/s1. The van der Waals surface area contributed by atoms with Crippen LogP contribution in [0.5, 0.6) is 0 Å². The molecule has 3 nitrogen and oxygen atoms in total. The SMILES string of the molecule is CC(N[C@@H](C)CO)C1CCN(C)CC1. The summed E-state index contributed by atoms with van der Waals surface area (Å²) in [6.07, 6.45) is 2.56. The van der Waals surface area contributed by atoms with Gasteiger partial charge in [-0.15, -0.1) is 0 Å². The number of likely N-dealkylation sites (tertiary alicyclic amines) is 1. The number of nitrogens with one attached hydrogen (secondary N) is 1. The maximum absolute atomic E-state index is 8.95. The van der Waals surface area contributed by atoms with Crippen molar-refractivity contribution in [2.75, 3.05) is 26.7 Å². The Morgan fingerprint density at radius 2 is 1.93 bits per heavy atom. The van der Waals surface area contributed by atoms with Gasteiger partial charge in [0, 0.05) is 12.1 Å². The van der Waals surface area contributed by atoms with Gasteiger partial charge in [-0.05, 0) is 52.7 Å². The molecule has 0 aliphatic carbocycles. The molecule has 3 heteroatoms. The summed E-state index contributed by atoms with van der Waals surface area (Å²) in [5.74, 6) is 0.778. The third kappa shape index (κ3) is 3.56. The summed E-state index contributed by atoms with van der Waals surface area (Å²) in [5.41, 5.74) is 0. The smallest absolute Gasteiger partial charge is 0.0582 e. The van der Waals surface area contributed by atoms with Gasteiger partial charge < -0.3 is 15.3 Å². The van der Waals surface area contributed by atoms with Gasteiger partial charge in [-0.1, -0.05) is 0 Å². The van der Waals surface area contributed by atoms with E-state index in [2.05, 4.69) is 24.2 Å². The molecule has 1 rings (SSSR count). The number of hydrogen-bond acceptors (Lipinski definition) is 3. The van der Waals surface area contributed by atoms with Crippen LogP contribution in [-0.2, 0) is 0 Å². The van der Waals surface area contributed by atoms with Crippen LogP contribution in [-0.4, -0.2) is 48.8 Å². The summed E-state index contributed by atoms with van der Waals surface area (Å²) in [7, 11) is 2.19. The Bertz CT molecular complexity index is 155. The Morgan fingerprint density at radius 3 is 2.43 bits per heavy atom. The highest BCUT2D eigenvalue weighted by atomic mass is 16.3. The first-order valence-corrected chi connectivity index (χ1v) is 5.69. The molecule has 84 valence electrons. The van der Waals surface area contributed by atoms with E-state index in [1.165, 1.54) is 25.9 Å². The van der Waals surface area contributed by atoms with Gasteiger partial charge in [-0.25, -0.2) is 0 Å². The van der Waals surface area contributed by atoms with Gasteiger partial charge in [0.25, 0.3) is 0 Å². The first-order chi connectivity index (χ1) is 6.63. The molecule has 0 spiro atoms. The van der Waals surface area contributed by atoms with Crippen molar-refractivity contribution in [1.82, 2.24) is 10.2 Å². The third-order valence-corrected chi connectivity index (χ3v) is 3.29.